The Kier molecular flexibility index (Phi) is 13.9. The highest BCUT2D eigenvalue weighted by atomic mass is 16.5. The van der Waals surface area contributed by atoms with Gasteiger partial charge < -0.3 is 16.2 Å². The van der Waals surface area contributed by atoms with E-state index in [9.17, 15) is 0 Å². The van der Waals surface area contributed by atoms with E-state index in [4.69, 9.17) is 16.0 Å². The van der Waals surface area contributed by atoms with Gasteiger partial charge in [0, 0.05) is 6.61 Å². The van der Waals surface area contributed by atoms with Crippen molar-refractivity contribution in [3.05, 3.63) is 0 Å². The van der Waals surface area contributed by atoms with E-state index in [2.05, 4.69) is 24.3 Å². The first-order chi connectivity index (χ1) is 5.65. The van der Waals surface area contributed by atoms with Crippen molar-refractivity contribution >= 4 is 6.03 Å². The van der Waals surface area contributed by atoms with Crippen molar-refractivity contribution in [1.29, 1.82) is 0 Å². The highest BCUT2D eigenvalue weighted by molar-refractivity contribution is 5.69. The van der Waals surface area contributed by atoms with Gasteiger partial charge in [0.25, 0.3) is 0 Å². The van der Waals surface area contributed by atoms with E-state index in [0.29, 0.717) is 6.61 Å². The van der Waals surface area contributed by atoms with Gasteiger partial charge in [0.05, 0.1) is 0 Å². The molecule has 2 amide bonds. The van der Waals surface area contributed by atoms with Gasteiger partial charge in [-0.1, -0.05) is 19.3 Å². The lowest BCUT2D eigenvalue weighted by atomic mass is 10.4. The highest BCUT2D eigenvalue weighted by Gasteiger charge is 1.80. The van der Waals surface area contributed by atoms with E-state index >= 15 is 0 Å². The van der Waals surface area contributed by atoms with Crippen LogP contribution in [0.3, 0.4) is 0 Å². The molecule has 0 aromatic carbocycles. The van der Waals surface area contributed by atoms with Gasteiger partial charge in [-0.2, -0.15) is 0 Å². The van der Waals surface area contributed by atoms with Crippen molar-refractivity contribution in [2.45, 2.75) is 19.8 Å². The second-order valence-electron chi connectivity index (χ2n) is 2.01. The molecule has 4 heteroatoms. The monoisotopic (exact) mass is 172 g/mol. The first kappa shape index (κ1) is 13.4. The molecule has 0 saturated carbocycles. The molecule has 0 aromatic heterocycles. The minimum absolute atomic E-state index is 0.458. The molecule has 4 nitrogen and oxygen atoms in total. The minimum Gasteiger partial charge on any atom is -0.369 e. The molecule has 0 saturated heterocycles. The Morgan fingerprint density at radius 1 is 1.58 bits per heavy atom. The quantitative estimate of drug-likeness (QED) is 0.477. The molecule has 0 aliphatic heterocycles. The maximum atomic E-state index is 9.00. The summed E-state index contributed by atoms with van der Waals surface area (Å²) in [5.41, 5.74) is 8.50. The van der Waals surface area contributed by atoms with Crippen LogP contribution >= 0.6 is 0 Å². The number of hydrogen-bond donors (Lipinski definition) is 2. The van der Waals surface area contributed by atoms with Gasteiger partial charge in [0.15, 0.2) is 0 Å². The summed E-state index contributed by atoms with van der Waals surface area (Å²) in [5.74, 6) is 2.40. The number of terminal acetylenes is 1. The molecule has 0 rings (SSSR count). The SMILES string of the molecule is C#CCOCCCC.NC(N)=O. The third-order valence-corrected chi connectivity index (χ3v) is 0.828. The van der Waals surface area contributed by atoms with Gasteiger partial charge in [-0.15, -0.1) is 6.42 Å². The molecule has 0 aliphatic rings. The third-order valence-electron chi connectivity index (χ3n) is 0.828. The molecule has 0 radical (unpaired) electrons. The van der Waals surface area contributed by atoms with Crippen molar-refractivity contribution in [3.63, 3.8) is 0 Å². The molecule has 0 aliphatic carbocycles. The number of carbonyl (C=O) groups is 1. The Balaban J connectivity index is 0. The molecule has 0 unspecified atom stereocenters. The Morgan fingerprint density at radius 3 is 2.42 bits per heavy atom. The maximum absolute atomic E-state index is 9.00. The molecule has 0 fully saturated rings. The van der Waals surface area contributed by atoms with Crippen LogP contribution < -0.4 is 11.5 Å². The Morgan fingerprint density at radius 2 is 2.08 bits per heavy atom. The van der Waals surface area contributed by atoms with Crippen LogP contribution in [0.2, 0.25) is 0 Å². The summed E-state index contributed by atoms with van der Waals surface area (Å²) in [6.07, 6.45) is 7.22. The topological polar surface area (TPSA) is 78.3 Å². The molecule has 0 bridgehead atoms. The van der Waals surface area contributed by atoms with E-state index in [0.717, 1.165) is 13.0 Å². The lowest BCUT2D eigenvalue weighted by molar-refractivity contribution is 0.163. The van der Waals surface area contributed by atoms with Crippen LogP contribution in [0, 0.1) is 12.3 Å². The summed E-state index contributed by atoms with van der Waals surface area (Å²) < 4.78 is 4.99. The molecule has 0 aromatic rings. The number of primary amides is 2. The Bertz CT molecular complexity index is 136. The van der Waals surface area contributed by atoms with Crippen LogP contribution in [0.5, 0.6) is 0 Å². The molecular weight excluding hydrogens is 156 g/mol. The Hall–Kier alpha value is -1.21. The fourth-order valence-electron chi connectivity index (χ4n) is 0.377. The van der Waals surface area contributed by atoms with Crippen LogP contribution in [-0.4, -0.2) is 19.2 Å². The third kappa shape index (κ3) is 37.1. The van der Waals surface area contributed by atoms with Crippen LogP contribution in [0.15, 0.2) is 0 Å². The molecule has 0 atom stereocenters. The van der Waals surface area contributed by atoms with Gasteiger partial charge in [-0.05, 0) is 6.42 Å². The summed E-state index contributed by atoms with van der Waals surface area (Å²) in [5, 5.41) is 0. The predicted molar refractivity (Wildman–Crippen MR) is 48.3 cm³/mol. The van der Waals surface area contributed by atoms with Crippen molar-refractivity contribution in [2.75, 3.05) is 13.2 Å². The second kappa shape index (κ2) is 12.5. The average Bonchev–Trinajstić information content (AvgIpc) is 1.97. The first-order valence-electron chi connectivity index (χ1n) is 3.71. The Labute approximate surface area is 73.3 Å². The molecule has 0 spiro atoms. The number of rotatable bonds is 4. The molecule has 70 valence electrons. The zero-order valence-electron chi connectivity index (χ0n) is 7.38. The summed E-state index contributed by atoms with van der Waals surface area (Å²) in [6.45, 7) is 3.39. The largest absolute Gasteiger partial charge is 0.369 e. The fourth-order valence-corrected chi connectivity index (χ4v) is 0.377. The zero-order valence-corrected chi connectivity index (χ0v) is 7.38. The lowest BCUT2D eigenvalue weighted by Gasteiger charge is -1.94. The first-order valence-corrected chi connectivity index (χ1v) is 3.71. The van der Waals surface area contributed by atoms with Crippen molar-refractivity contribution < 1.29 is 9.53 Å². The number of amides is 2. The lowest BCUT2D eigenvalue weighted by Crippen LogP contribution is -2.18. The number of hydrogen-bond acceptors (Lipinski definition) is 2. The number of carbonyl (C=O) groups excluding carboxylic acids is 1. The molecule has 0 heterocycles. The van der Waals surface area contributed by atoms with Gasteiger partial charge in [-0.3, -0.25) is 0 Å². The van der Waals surface area contributed by atoms with Crippen molar-refractivity contribution in [2.24, 2.45) is 11.5 Å². The summed E-state index contributed by atoms with van der Waals surface area (Å²) >= 11 is 0. The van der Waals surface area contributed by atoms with E-state index in [-0.39, 0.29) is 0 Å². The molecule has 12 heavy (non-hydrogen) atoms. The summed E-state index contributed by atoms with van der Waals surface area (Å²) in [4.78, 5) is 9.00. The van der Waals surface area contributed by atoms with Crippen LogP contribution in [-0.2, 0) is 4.74 Å². The van der Waals surface area contributed by atoms with Crippen LogP contribution in [0.1, 0.15) is 19.8 Å². The van der Waals surface area contributed by atoms with Gasteiger partial charge in [0.1, 0.15) is 6.61 Å². The second-order valence-corrected chi connectivity index (χ2v) is 2.01. The summed E-state index contributed by atoms with van der Waals surface area (Å²) in [7, 11) is 0. The zero-order chi connectivity index (χ0) is 9.82. The van der Waals surface area contributed by atoms with Crippen LogP contribution in [0.4, 0.5) is 4.79 Å². The highest BCUT2D eigenvalue weighted by Crippen LogP contribution is 1.85. The van der Waals surface area contributed by atoms with Gasteiger partial charge >= 0.3 is 6.03 Å². The van der Waals surface area contributed by atoms with E-state index < -0.39 is 6.03 Å². The number of urea groups is 1. The van der Waals surface area contributed by atoms with Crippen LogP contribution in [0.25, 0.3) is 0 Å². The molecule has 4 N–H and O–H groups in total. The average molecular weight is 172 g/mol. The number of unbranched alkanes of at least 4 members (excludes halogenated alkanes) is 1. The number of ether oxygens (including phenoxy) is 1. The number of nitrogens with two attached hydrogens (primary N) is 2. The predicted octanol–water partition coefficient (Wildman–Crippen LogP) is 0.460. The fraction of sp³-hybridized carbons (Fsp3) is 0.625. The van der Waals surface area contributed by atoms with Gasteiger partial charge in [-0.25, -0.2) is 4.79 Å². The van der Waals surface area contributed by atoms with Gasteiger partial charge in [0.2, 0.25) is 0 Å². The van der Waals surface area contributed by atoms with E-state index in [1.54, 1.807) is 0 Å². The summed E-state index contributed by atoms with van der Waals surface area (Å²) in [6, 6.07) is -0.833. The van der Waals surface area contributed by atoms with E-state index in [1.165, 1.54) is 6.42 Å². The smallest absolute Gasteiger partial charge is 0.309 e. The molecular formula is C8H16N2O2. The maximum Gasteiger partial charge on any atom is 0.309 e. The minimum atomic E-state index is -0.833. The van der Waals surface area contributed by atoms with E-state index in [1.807, 2.05) is 0 Å². The van der Waals surface area contributed by atoms with Crippen molar-refractivity contribution in [3.8, 4) is 12.3 Å². The standard InChI is InChI=1S/C7H12O.CH4N2O/c1-3-5-7-8-6-4-2;2-1(3)4/h2H,3,5-7H2,1H3;(H4,2,3,4). The normalized spacial score (nSPS) is 7.67. The van der Waals surface area contributed by atoms with Crippen molar-refractivity contribution in [1.82, 2.24) is 0 Å².